The minimum absolute atomic E-state index is 0.396. The second-order valence-electron chi connectivity index (χ2n) is 4.28. The van der Waals surface area contributed by atoms with Gasteiger partial charge in [-0.15, -0.1) is 0 Å². The maximum atomic E-state index is 11.5. The molecule has 9 heteroatoms. The Balaban J connectivity index is 2.10. The molecule has 0 unspecified atom stereocenters. The van der Waals surface area contributed by atoms with E-state index in [0.29, 0.717) is 44.4 Å². The Bertz CT molecular complexity index is 535. The molecule has 1 aromatic heterocycles. The van der Waals surface area contributed by atoms with Crippen molar-refractivity contribution >= 4 is 32.4 Å². The monoisotopic (exact) mass is 306 g/mol. The molecular formula is C10H18N4O3S2. The van der Waals surface area contributed by atoms with E-state index in [-0.39, 0.29) is 0 Å². The van der Waals surface area contributed by atoms with Crippen LogP contribution in [0.1, 0.15) is 6.92 Å². The van der Waals surface area contributed by atoms with Crippen LogP contribution < -0.4 is 15.4 Å². The molecule has 0 spiro atoms. The van der Waals surface area contributed by atoms with Gasteiger partial charge in [0.25, 0.3) is 0 Å². The summed E-state index contributed by atoms with van der Waals surface area (Å²) in [5, 5.41) is 0.882. The highest BCUT2D eigenvalue weighted by atomic mass is 32.2. The van der Waals surface area contributed by atoms with Gasteiger partial charge < -0.3 is 15.4 Å². The topological polar surface area (TPSA) is 88.8 Å². The van der Waals surface area contributed by atoms with Gasteiger partial charge in [-0.1, -0.05) is 0 Å². The maximum absolute atomic E-state index is 11.5. The molecule has 19 heavy (non-hydrogen) atoms. The molecule has 108 valence electrons. The third-order valence-electron chi connectivity index (χ3n) is 2.94. The van der Waals surface area contributed by atoms with Crippen molar-refractivity contribution in [3.8, 4) is 5.75 Å². The van der Waals surface area contributed by atoms with Gasteiger partial charge in [-0.3, -0.25) is 0 Å². The number of anilines is 2. The molecule has 1 aromatic rings. The molecule has 0 amide bonds. The van der Waals surface area contributed by atoms with Gasteiger partial charge in [0.1, 0.15) is 0 Å². The van der Waals surface area contributed by atoms with Crippen LogP contribution in [0.3, 0.4) is 0 Å². The Morgan fingerprint density at radius 2 is 2.00 bits per heavy atom. The van der Waals surface area contributed by atoms with Crippen LogP contribution in [0.25, 0.3) is 0 Å². The van der Waals surface area contributed by atoms with Crippen molar-refractivity contribution in [3.63, 3.8) is 0 Å². The molecule has 1 fully saturated rings. The summed E-state index contributed by atoms with van der Waals surface area (Å²) < 4.78 is 34.0. The molecule has 0 aromatic carbocycles. The second kappa shape index (κ2) is 5.51. The molecule has 0 atom stereocenters. The van der Waals surface area contributed by atoms with Gasteiger partial charge in [-0.25, -0.2) is 8.42 Å². The molecule has 1 aliphatic rings. The average Bonchev–Trinajstić information content (AvgIpc) is 2.71. The summed E-state index contributed by atoms with van der Waals surface area (Å²) in [4.78, 5) is 2.07. The minimum Gasteiger partial charge on any atom is -0.487 e. The van der Waals surface area contributed by atoms with Crippen LogP contribution in [-0.4, -0.2) is 56.1 Å². The molecule has 2 heterocycles. The third-order valence-corrected chi connectivity index (χ3v) is 5.15. The predicted molar refractivity (Wildman–Crippen MR) is 76.3 cm³/mol. The van der Waals surface area contributed by atoms with Crippen molar-refractivity contribution in [3.05, 3.63) is 0 Å². The summed E-state index contributed by atoms with van der Waals surface area (Å²) in [5.74, 6) is 1.01. The van der Waals surface area contributed by atoms with Gasteiger partial charge in [0.15, 0.2) is 16.6 Å². The standard InChI is InChI=1S/C10H18N4O3S2/c1-3-17-8-9(11)12-18-10(8)13-4-6-14(7-5-13)19(2,15)16/h3-7H2,1-2H3,(H2,11,12). The molecule has 0 aliphatic carbocycles. The summed E-state index contributed by atoms with van der Waals surface area (Å²) in [7, 11) is -3.11. The number of rotatable bonds is 4. The fraction of sp³-hybridized carbons (Fsp3) is 0.700. The van der Waals surface area contributed by atoms with Crippen LogP contribution in [0.2, 0.25) is 0 Å². The van der Waals surface area contributed by atoms with Gasteiger partial charge >= 0.3 is 0 Å². The van der Waals surface area contributed by atoms with Crippen molar-refractivity contribution in [2.75, 3.05) is 49.7 Å². The maximum Gasteiger partial charge on any atom is 0.211 e. The first-order valence-electron chi connectivity index (χ1n) is 6.01. The molecular weight excluding hydrogens is 288 g/mol. The van der Waals surface area contributed by atoms with Crippen molar-refractivity contribution in [1.29, 1.82) is 0 Å². The number of hydrogen-bond acceptors (Lipinski definition) is 7. The van der Waals surface area contributed by atoms with Gasteiger partial charge in [0.2, 0.25) is 10.0 Å². The summed E-state index contributed by atoms with van der Waals surface area (Å²) in [6.45, 7) is 4.61. The van der Waals surface area contributed by atoms with Crippen molar-refractivity contribution < 1.29 is 13.2 Å². The van der Waals surface area contributed by atoms with Gasteiger partial charge in [0, 0.05) is 26.2 Å². The minimum atomic E-state index is -3.11. The molecule has 1 saturated heterocycles. The Morgan fingerprint density at radius 1 is 1.37 bits per heavy atom. The SMILES string of the molecule is CCOc1c(N)nsc1N1CCN(S(C)(=O)=O)CC1. The van der Waals surface area contributed by atoms with E-state index in [0.717, 1.165) is 5.00 Å². The number of hydrogen-bond donors (Lipinski definition) is 1. The van der Waals surface area contributed by atoms with Crippen LogP contribution in [-0.2, 0) is 10.0 Å². The van der Waals surface area contributed by atoms with Gasteiger partial charge in [0.05, 0.1) is 12.9 Å². The zero-order chi connectivity index (χ0) is 14.0. The lowest BCUT2D eigenvalue weighted by Crippen LogP contribution is -2.48. The Morgan fingerprint density at radius 3 is 2.53 bits per heavy atom. The van der Waals surface area contributed by atoms with Crippen LogP contribution in [0.4, 0.5) is 10.8 Å². The fourth-order valence-corrected chi connectivity index (χ4v) is 3.63. The zero-order valence-electron chi connectivity index (χ0n) is 11.0. The quantitative estimate of drug-likeness (QED) is 0.855. The fourth-order valence-electron chi connectivity index (χ4n) is 1.99. The second-order valence-corrected chi connectivity index (χ2v) is 7.02. The van der Waals surface area contributed by atoms with Crippen LogP contribution in [0.15, 0.2) is 0 Å². The molecule has 1 aliphatic heterocycles. The molecule has 7 nitrogen and oxygen atoms in total. The van der Waals surface area contributed by atoms with E-state index < -0.39 is 10.0 Å². The summed E-state index contributed by atoms with van der Waals surface area (Å²) in [6, 6.07) is 0. The number of nitrogens with two attached hydrogens (primary N) is 1. The molecule has 2 N–H and O–H groups in total. The number of aromatic nitrogens is 1. The number of sulfonamides is 1. The number of piperazine rings is 1. The third kappa shape index (κ3) is 3.10. The van der Waals surface area contributed by atoms with Crippen LogP contribution >= 0.6 is 11.5 Å². The lowest BCUT2D eigenvalue weighted by atomic mass is 10.3. The van der Waals surface area contributed by atoms with E-state index in [9.17, 15) is 8.42 Å². The highest BCUT2D eigenvalue weighted by Crippen LogP contribution is 2.38. The Hall–Kier alpha value is -1.06. The van der Waals surface area contributed by atoms with Crippen molar-refractivity contribution in [1.82, 2.24) is 8.68 Å². The highest BCUT2D eigenvalue weighted by Gasteiger charge is 2.27. The van der Waals surface area contributed by atoms with E-state index in [4.69, 9.17) is 10.5 Å². The van der Waals surface area contributed by atoms with Gasteiger partial charge in [-0.05, 0) is 18.5 Å². The Labute approximate surface area is 117 Å². The number of nitrogens with zero attached hydrogens (tertiary/aromatic N) is 3. The normalized spacial score (nSPS) is 17.7. The Kier molecular flexibility index (Phi) is 4.16. The molecule has 0 saturated carbocycles. The largest absolute Gasteiger partial charge is 0.487 e. The zero-order valence-corrected chi connectivity index (χ0v) is 12.6. The summed E-state index contributed by atoms with van der Waals surface area (Å²) >= 11 is 1.29. The number of nitrogen functional groups attached to an aromatic ring is 1. The molecule has 2 rings (SSSR count). The van der Waals surface area contributed by atoms with E-state index in [1.54, 1.807) is 0 Å². The first kappa shape index (κ1) is 14.4. The number of ether oxygens (including phenoxy) is 1. The van der Waals surface area contributed by atoms with Crippen molar-refractivity contribution in [2.24, 2.45) is 0 Å². The lowest BCUT2D eigenvalue weighted by molar-refractivity contribution is 0.340. The van der Waals surface area contributed by atoms with Crippen LogP contribution in [0, 0.1) is 0 Å². The lowest BCUT2D eigenvalue weighted by Gasteiger charge is -2.33. The van der Waals surface area contributed by atoms with E-state index in [2.05, 4.69) is 9.27 Å². The van der Waals surface area contributed by atoms with Crippen LogP contribution in [0.5, 0.6) is 5.75 Å². The summed E-state index contributed by atoms with van der Waals surface area (Å²) in [5.41, 5.74) is 5.77. The van der Waals surface area contributed by atoms with Gasteiger partial charge in [-0.2, -0.15) is 8.68 Å². The first-order valence-corrected chi connectivity index (χ1v) is 8.63. The van der Waals surface area contributed by atoms with E-state index in [1.807, 2.05) is 6.92 Å². The highest BCUT2D eigenvalue weighted by molar-refractivity contribution is 7.88. The van der Waals surface area contributed by atoms with Crippen molar-refractivity contribution in [2.45, 2.75) is 6.92 Å². The summed E-state index contributed by atoms with van der Waals surface area (Å²) in [6.07, 6.45) is 1.24. The predicted octanol–water partition coefficient (Wildman–Crippen LogP) is 0.206. The average molecular weight is 306 g/mol. The molecule has 0 radical (unpaired) electrons. The first-order chi connectivity index (χ1) is 8.93. The smallest absolute Gasteiger partial charge is 0.211 e. The van der Waals surface area contributed by atoms with E-state index in [1.165, 1.54) is 22.1 Å². The van der Waals surface area contributed by atoms with E-state index >= 15 is 0 Å². The molecule has 0 bridgehead atoms.